The molecule has 0 atom stereocenters. The lowest BCUT2D eigenvalue weighted by Crippen LogP contribution is -2.24. The highest BCUT2D eigenvalue weighted by molar-refractivity contribution is 7.89. The van der Waals surface area contributed by atoms with E-state index in [0.29, 0.717) is 17.3 Å². The van der Waals surface area contributed by atoms with E-state index in [1.165, 1.54) is 0 Å². The van der Waals surface area contributed by atoms with Crippen molar-refractivity contribution in [2.45, 2.75) is 11.4 Å². The molecule has 4 nitrogen and oxygen atoms in total. The van der Waals surface area contributed by atoms with Gasteiger partial charge in [0.25, 0.3) is 0 Å². The lowest BCUT2D eigenvalue weighted by Gasteiger charge is -2.08. The second-order valence-corrected chi connectivity index (χ2v) is 5.88. The molecule has 0 saturated heterocycles. The number of nitrogens with one attached hydrogen (secondary N) is 1. The highest BCUT2D eigenvalue weighted by atomic mass is 32.2. The number of benzene rings is 2. The normalized spacial score (nSPS) is 11.5. The molecule has 0 aromatic heterocycles. The summed E-state index contributed by atoms with van der Waals surface area (Å²) in [7, 11) is -4.05. The maximum atomic E-state index is 13.5. The minimum Gasteiger partial charge on any atom is -0.399 e. The van der Waals surface area contributed by atoms with Crippen LogP contribution in [0.3, 0.4) is 0 Å². The molecule has 2 aromatic rings. The number of nitrogen functional groups attached to an aromatic ring is 1. The van der Waals surface area contributed by atoms with Crippen LogP contribution >= 0.6 is 0 Å². The molecular formula is C13H12F2N2O2S. The van der Waals surface area contributed by atoms with Crippen LogP contribution < -0.4 is 10.5 Å². The van der Waals surface area contributed by atoms with Crippen molar-refractivity contribution in [3.8, 4) is 0 Å². The molecule has 7 heteroatoms. The minimum absolute atomic E-state index is 0.0375. The van der Waals surface area contributed by atoms with E-state index in [4.69, 9.17) is 5.73 Å². The molecule has 0 unspecified atom stereocenters. The summed E-state index contributed by atoms with van der Waals surface area (Å²) in [6.45, 7) is -0.0375. The van der Waals surface area contributed by atoms with Crippen LogP contribution in [0.25, 0.3) is 0 Å². The Balaban J connectivity index is 2.19. The third-order valence-corrected chi connectivity index (χ3v) is 4.04. The molecule has 20 heavy (non-hydrogen) atoms. The van der Waals surface area contributed by atoms with Crippen LogP contribution in [-0.2, 0) is 16.6 Å². The molecule has 2 rings (SSSR count). The first-order chi connectivity index (χ1) is 9.38. The van der Waals surface area contributed by atoms with E-state index in [-0.39, 0.29) is 6.54 Å². The number of halogens is 2. The standard InChI is InChI=1S/C13H12F2N2O2S/c14-10-4-5-13(12(15)7-10)20(18,19)17-8-9-2-1-3-11(16)6-9/h1-7,17H,8,16H2. The number of sulfonamides is 1. The first-order valence-electron chi connectivity index (χ1n) is 5.67. The average molecular weight is 298 g/mol. The maximum Gasteiger partial charge on any atom is 0.243 e. The fraction of sp³-hybridized carbons (Fsp3) is 0.0769. The maximum absolute atomic E-state index is 13.5. The highest BCUT2D eigenvalue weighted by Crippen LogP contribution is 2.16. The quantitative estimate of drug-likeness (QED) is 0.848. The van der Waals surface area contributed by atoms with Crippen molar-refractivity contribution in [1.29, 1.82) is 0 Å². The molecule has 0 spiro atoms. The van der Waals surface area contributed by atoms with E-state index in [2.05, 4.69) is 4.72 Å². The first kappa shape index (κ1) is 14.4. The van der Waals surface area contributed by atoms with E-state index in [1.807, 2.05) is 0 Å². The summed E-state index contributed by atoms with van der Waals surface area (Å²) in [6.07, 6.45) is 0. The van der Waals surface area contributed by atoms with Gasteiger partial charge in [-0.15, -0.1) is 0 Å². The molecule has 0 fully saturated rings. The monoisotopic (exact) mass is 298 g/mol. The van der Waals surface area contributed by atoms with Gasteiger partial charge in [-0.1, -0.05) is 12.1 Å². The Labute approximate surface area is 115 Å². The summed E-state index contributed by atoms with van der Waals surface area (Å²) in [5, 5.41) is 0. The fourth-order valence-corrected chi connectivity index (χ4v) is 2.73. The Bertz CT molecular complexity index is 733. The van der Waals surface area contributed by atoms with Crippen molar-refractivity contribution < 1.29 is 17.2 Å². The third kappa shape index (κ3) is 3.31. The predicted molar refractivity (Wildman–Crippen MR) is 71.2 cm³/mol. The Hall–Kier alpha value is -1.99. The second kappa shape index (κ2) is 5.56. The number of anilines is 1. The van der Waals surface area contributed by atoms with Crippen molar-refractivity contribution in [3.63, 3.8) is 0 Å². The van der Waals surface area contributed by atoms with Gasteiger partial charge in [-0.3, -0.25) is 0 Å². The van der Waals surface area contributed by atoms with Crippen molar-refractivity contribution >= 4 is 15.7 Å². The fourth-order valence-electron chi connectivity index (χ4n) is 1.65. The average Bonchev–Trinajstić information content (AvgIpc) is 2.36. The van der Waals surface area contributed by atoms with Gasteiger partial charge < -0.3 is 5.73 Å². The van der Waals surface area contributed by atoms with Gasteiger partial charge in [-0.2, -0.15) is 0 Å². The zero-order chi connectivity index (χ0) is 14.8. The topological polar surface area (TPSA) is 72.2 Å². The van der Waals surface area contributed by atoms with Crippen LogP contribution in [0, 0.1) is 11.6 Å². The summed E-state index contributed by atoms with van der Waals surface area (Å²) < 4.78 is 52.3. The number of nitrogens with two attached hydrogens (primary N) is 1. The summed E-state index contributed by atoms with van der Waals surface area (Å²) in [5.41, 5.74) is 6.70. The molecule has 0 aliphatic carbocycles. The van der Waals surface area contributed by atoms with E-state index in [1.54, 1.807) is 24.3 Å². The minimum atomic E-state index is -4.05. The Kier molecular flexibility index (Phi) is 4.01. The van der Waals surface area contributed by atoms with Crippen molar-refractivity contribution in [2.24, 2.45) is 0 Å². The van der Waals surface area contributed by atoms with Crippen LogP contribution in [0.5, 0.6) is 0 Å². The molecule has 0 radical (unpaired) electrons. The molecule has 2 aromatic carbocycles. The molecule has 0 aliphatic rings. The molecule has 0 saturated carbocycles. The van der Waals surface area contributed by atoms with Crippen LogP contribution in [0.4, 0.5) is 14.5 Å². The lowest BCUT2D eigenvalue weighted by atomic mass is 10.2. The van der Waals surface area contributed by atoms with E-state index in [9.17, 15) is 17.2 Å². The van der Waals surface area contributed by atoms with Gasteiger partial charge in [0, 0.05) is 18.3 Å². The molecule has 0 aliphatic heterocycles. The SMILES string of the molecule is Nc1cccc(CNS(=O)(=O)c2ccc(F)cc2F)c1. The summed E-state index contributed by atoms with van der Waals surface area (Å²) >= 11 is 0. The Morgan fingerprint density at radius 1 is 1.10 bits per heavy atom. The summed E-state index contributed by atoms with van der Waals surface area (Å²) in [6, 6.07) is 8.91. The van der Waals surface area contributed by atoms with Crippen molar-refractivity contribution in [2.75, 3.05) is 5.73 Å². The lowest BCUT2D eigenvalue weighted by molar-refractivity contribution is 0.543. The molecular weight excluding hydrogens is 286 g/mol. The zero-order valence-corrected chi connectivity index (χ0v) is 11.1. The van der Waals surface area contributed by atoms with E-state index >= 15 is 0 Å². The molecule has 106 valence electrons. The zero-order valence-electron chi connectivity index (χ0n) is 10.3. The largest absolute Gasteiger partial charge is 0.399 e. The number of rotatable bonds is 4. The van der Waals surface area contributed by atoms with E-state index < -0.39 is 26.6 Å². The summed E-state index contributed by atoms with van der Waals surface area (Å²) in [4.78, 5) is -0.595. The van der Waals surface area contributed by atoms with Crippen LogP contribution in [0.15, 0.2) is 47.4 Å². The number of hydrogen-bond acceptors (Lipinski definition) is 3. The van der Waals surface area contributed by atoms with Crippen molar-refractivity contribution in [1.82, 2.24) is 4.72 Å². The van der Waals surface area contributed by atoms with E-state index in [0.717, 1.165) is 12.1 Å². The summed E-state index contributed by atoms with van der Waals surface area (Å²) in [5.74, 6) is -1.97. The highest BCUT2D eigenvalue weighted by Gasteiger charge is 2.19. The predicted octanol–water partition coefficient (Wildman–Crippen LogP) is 2.03. The second-order valence-electron chi connectivity index (χ2n) is 4.14. The molecule has 0 amide bonds. The molecule has 0 bridgehead atoms. The first-order valence-corrected chi connectivity index (χ1v) is 7.16. The van der Waals surface area contributed by atoms with Crippen LogP contribution in [0.1, 0.15) is 5.56 Å². The van der Waals surface area contributed by atoms with Gasteiger partial charge in [0.2, 0.25) is 10.0 Å². The van der Waals surface area contributed by atoms with Gasteiger partial charge in [-0.25, -0.2) is 21.9 Å². The van der Waals surface area contributed by atoms with Gasteiger partial charge in [0.05, 0.1) is 0 Å². The van der Waals surface area contributed by atoms with Gasteiger partial charge in [0.1, 0.15) is 16.5 Å². The smallest absolute Gasteiger partial charge is 0.243 e. The Morgan fingerprint density at radius 2 is 1.85 bits per heavy atom. The van der Waals surface area contributed by atoms with Gasteiger partial charge in [0.15, 0.2) is 0 Å². The van der Waals surface area contributed by atoms with Gasteiger partial charge in [-0.05, 0) is 29.8 Å². The molecule has 3 N–H and O–H groups in total. The van der Waals surface area contributed by atoms with Crippen LogP contribution in [0.2, 0.25) is 0 Å². The Morgan fingerprint density at radius 3 is 2.50 bits per heavy atom. The van der Waals surface area contributed by atoms with Gasteiger partial charge >= 0.3 is 0 Å². The van der Waals surface area contributed by atoms with Crippen molar-refractivity contribution in [3.05, 3.63) is 59.7 Å². The van der Waals surface area contributed by atoms with Crippen LogP contribution in [-0.4, -0.2) is 8.42 Å². The number of hydrogen-bond donors (Lipinski definition) is 2. The third-order valence-electron chi connectivity index (χ3n) is 2.60. The molecule has 0 heterocycles.